The van der Waals surface area contributed by atoms with Gasteiger partial charge in [0.05, 0.1) is 16.9 Å². The van der Waals surface area contributed by atoms with Gasteiger partial charge in [0.1, 0.15) is 5.71 Å². The van der Waals surface area contributed by atoms with E-state index in [1.165, 1.54) is 29.2 Å². The molecule has 1 heterocycles. The molecule has 8 heteroatoms. The van der Waals surface area contributed by atoms with E-state index in [-0.39, 0.29) is 30.2 Å². The zero-order valence-corrected chi connectivity index (χ0v) is 16.1. The third-order valence-corrected chi connectivity index (χ3v) is 4.95. The lowest BCUT2D eigenvalue weighted by atomic mass is 10.1. The molecule has 1 amide bonds. The molecular weight excluding hydrogens is 409 g/mol. The third kappa shape index (κ3) is 3.96. The summed E-state index contributed by atoms with van der Waals surface area (Å²) in [5.74, 6) is -1.09. The van der Waals surface area contributed by atoms with Crippen LogP contribution < -0.4 is 4.90 Å². The second kappa shape index (κ2) is 7.79. The van der Waals surface area contributed by atoms with Crippen LogP contribution in [-0.4, -0.2) is 28.4 Å². The number of phenolic OH excluding ortho intramolecular Hbond substituents is 2. The average Bonchev–Trinajstić information content (AvgIpc) is 3.01. The highest BCUT2D eigenvalue weighted by atomic mass is 19.4. The number of nitrogens with zero attached hydrogens (tertiary/aromatic N) is 2. The van der Waals surface area contributed by atoms with Gasteiger partial charge in [0.15, 0.2) is 11.5 Å². The molecule has 0 aliphatic carbocycles. The van der Waals surface area contributed by atoms with Crippen molar-refractivity contribution in [1.82, 2.24) is 0 Å². The van der Waals surface area contributed by atoms with Gasteiger partial charge in [0, 0.05) is 18.2 Å². The molecule has 0 atom stereocenters. The number of para-hydroxylation sites is 1. The van der Waals surface area contributed by atoms with E-state index in [1.807, 2.05) is 0 Å². The topological polar surface area (TPSA) is 73.1 Å². The molecule has 0 saturated carbocycles. The molecular formula is C23H17F3N2O3. The fraction of sp³-hybridized carbons (Fsp3) is 0.130. The zero-order valence-electron chi connectivity index (χ0n) is 16.1. The summed E-state index contributed by atoms with van der Waals surface area (Å²) in [6, 6.07) is 16.0. The van der Waals surface area contributed by atoms with Crippen LogP contribution in [0.1, 0.15) is 16.7 Å². The molecule has 3 aromatic rings. The lowest BCUT2D eigenvalue weighted by molar-refractivity contribution is -0.137. The SMILES string of the molecule is O=C1C(=NCCc2cccc(C(F)(F)F)c2)c2ccccc2N1c1ccc(O)c(O)c1. The van der Waals surface area contributed by atoms with Gasteiger partial charge < -0.3 is 10.2 Å². The van der Waals surface area contributed by atoms with E-state index in [0.29, 0.717) is 22.5 Å². The maximum Gasteiger partial charge on any atom is 0.416 e. The quantitative estimate of drug-likeness (QED) is 0.587. The predicted molar refractivity (Wildman–Crippen MR) is 110 cm³/mol. The number of carbonyl (C=O) groups is 1. The summed E-state index contributed by atoms with van der Waals surface area (Å²) in [6.07, 6.45) is -4.18. The standard InChI is InChI=1S/C23H17F3N2O3/c24-23(25,26)15-5-3-4-14(12-15)10-11-27-21-17-6-1-2-7-18(17)28(22(21)31)16-8-9-19(29)20(30)13-16/h1-9,12-13,29-30H,10-11H2. The minimum absolute atomic E-state index is 0.130. The number of rotatable bonds is 4. The van der Waals surface area contributed by atoms with Crippen LogP contribution in [0.5, 0.6) is 11.5 Å². The highest BCUT2D eigenvalue weighted by Crippen LogP contribution is 2.39. The number of alkyl halides is 3. The Kier molecular flexibility index (Phi) is 5.14. The molecule has 0 saturated heterocycles. The zero-order chi connectivity index (χ0) is 22.2. The minimum Gasteiger partial charge on any atom is -0.504 e. The van der Waals surface area contributed by atoms with Crippen LogP contribution in [0.4, 0.5) is 24.5 Å². The number of amides is 1. The first kappa shape index (κ1) is 20.5. The van der Waals surface area contributed by atoms with E-state index in [4.69, 9.17) is 0 Å². The second-order valence-corrected chi connectivity index (χ2v) is 7.01. The highest BCUT2D eigenvalue weighted by molar-refractivity contribution is 6.55. The van der Waals surface area contributed by atoms with Gasteiger partial charge in [-0.05, 0) is 36.2 Å². The molecule has 1 aliphatic rings. The van der Waals surface area contributed by atoms with E-state index in [1.54, 1.807) is 30.3 Å². The Bertz CT molecular complexity index is 1190. The van der Waals surface area contributed by atoms with Crippen molar-refractivity contribution in [2.75, 3.05) is 11.4 Å². The Morgan fingerprint density at radius 1 is 0.903 bits per heavy atom. The fourth-order valence-corrected chi connectivity index (χ4v) is 3.46. The number of hydrogen-bond donors (Lipinski definition) is 2. The predicted octanol–water partition coefficient (Wildman–Crippen LogP) is 4.83. The van der Waals surface area contributed by atoms with Crippen LogP contribution in [0.25, 0.3) is 0 Å². The van der Waals surface area contributed by atoms with Crippen molar-refractivity contribution in [2.24, 2.45) is 4.99 Å². The molecule has 31 heavy (non-hydrogen) atoms. The summed E-state index contributed by atoms with van der Waals surface area (Å²) in [6.45, 7) is 0.130. The Hall–Kier alpha value is -3.81. The van der Waals surface area contributed by atoms with E-state index in [2.05, 4.69) is 4.99 Å². The van der Waals surface area contributed by atoms with Gasteiger partial charge >= 0.3 is 6.18 Å². The third-order valence-electron chi connectivity index (χ3n) is 4.95. The number of hydrogen-bond acceptors (Lipinski definition) is 4. The summed E-state index contributed by atoms with van der Waals surface area (Å²) >= 11 is 0. The Balaban J connectivity index is 1.61. The van der Waals surface area contributed by atoms with Gasteiger partial charge in [-0.1, -0.05) is 36.4 Å². The minimum atomic E-state index is -4.42. The van der Waals surface area contributed by atoms with Crippen LogP contribution in [0.3, 0.4) is 0 Å². The molecule has 0 fully saturated rings. The summed E-state index contributed by atoms with van der Waals surface area (Å²) in [7, 11) is 0. The lowest BCUT2D eigenvalue weighted by Crippen LogP contribution is -2.25. The molecule has 0 spiro atoms. The smallest absolute Gasteiger partial charge is 0.416 e. The summed E-state index contributed by atoms with van der Waals surface area (Å²) in [5.41, 5.74) is 1.45. The summed E-state index contributed by atoms with van der Waals surface area (Å²) < 4.78 is 38.7. The van der Waals surface area contributed by atoms with Crippen molar-refractivity contribution < 1.29 is 28.2 Å². The summed E-state index contributed by atoms with van der Waals surface area (Å²) in [4.78, 5) is 18.8. The molecule has 2 N–H and O–H groups in total. The number of anilines is 2. The Morgan fingerprint density at radius 2 is 1.68 bits per heavy atom. The lowest BCUT2D eigenvalue weighted by Gasteiger charge is -2.17. The number of carbonyl (C=O) groups excluding carboxylic acids is 1. The molecule has 0 radical (unpaired) electrons. The number of aliphatic imine (C=N–C) groups is 1. The first-order valence-electron chi connectivity index (χ1n) is 9.42. The van der Waals surface area contributed by atoms with Gasteiger partial charge in [-0.15, -0.1) is 0 Å². The van der Waals surface area contributed by atoms with E-state index >= 15 is 0 Å². The van der Waals surface area contributed by atoms with Crippen LogP contribution in [0, 0.1) is 0 Å². The van der Waals surface area contributed by atoms with Crippen LogP contribution in [0.2, 0.25) is 0 Å². The van der Waals surface area contributed by atoms with Crippen LogP contribution >= 0.6 is 0 Å². The Labute approximate surface area is 175 Å². The monoisotopic (exact) mass is 426 g/mol. The second-order valence-electron chi connectivity index (χ2n) is 7.01. The van der Waals surface area contributed by atoms with Gasteiger partial charge in [0.25, 0.3) is 5.91 Å². The molecule has 0 bridgehead atoms. The average molecular weight is 426 g/mol. The van der Waals surface area contributed by atoms with E-state index < -0.39 is 17.6 Å². The maximum absolute atomic E-state index is 13.1. The van der Waals surface area contributed by atoms with Crippen molar-refractivity contribution in [3.8, 4) is 11.5 Å². The van der Waals surface area contributed by atoms with Gasteiger partial charge in [-0.3, -0.25) is 14.7 Å². The summed E-state index contributed by atoms with van der Waals surface area (Å²) in [5, 5.41) is 19.4. The van der Waals surface area contributed by atoms with Crippen molar-refractivity contribution in [3.63, 3.8) is 0 Å². The largest absolute Gasteiger partial charge is 0.504 e. The van der Waals surface area contributed by atoms with Crippen molar-refractivity contribution in [1.29, 1.82) is 0 Å². The van der Waals surface area contributed by atoms with Gasteiger partial charge in [0.2, 0.25) is 0 Å². The van der Waals surface area contributed by atoms with E-state index in [0.717, 1.165) is 12.1 Å². The van der Waals surface area contributed by atoms with Crippen LogP contribution in [-0.2, 0) is 17.4 Å². The molecule has 3 aromatic carbocycles. The number of phenols is 2. The number of benzene rings is 3. The first-order chi connectivity index (χ1) is 14.8. The van der Waals surface area contributed by atoms with Crippen LogP contribution in [0.15, 0.2) is 71.7 Å². The number of aromatic hydroxyl groups is 2. The molecule has 4 rings (SSSR count). The number of fused-ring (bicyclic) bond motifs is 1. The van der Waals surface area contributed by atoms with Crippen molar-refractivity contribution >= 4 is 23.0 Å². The number of halogens is 3. The maximum atomic E-state index is 13.1. The normalized spacial score (nSPS) is 14.9. The first-order valence-corrected chi connectivity index (χ1v) is 9.42. The van der Waals surface area contributed by atoms with Crippen molar-refractivity contribution in [3.05, 3.63) is 83.4 Å². The molecule has 0 aromatic heterocycles. The molecule has 1 aliphatic heterocycles. The highest BCUT2D eigenvalue weighted by Gasteiger charge is 2.35. The van der Waals surface area contributed by atoms with Crippen molar-refractivity contribution in [2.45, 2.75) is 12.6 Å². The molecule has 5 nitrogen and oxygen atoms in total. The molecule has 0 unspecified atom stereocenters. The van der Waals surface area contributed by atoms with Gasteiger partial charge in [-0.2, -0.15) is 13.2 Å². The molecule has 158 valence electrons. The fourth-order valence-electron chi connectivity index (χ4n) is 3.46. The van der Waals surface area contributed by atoms with Gasteiger partial charge in [-0.25, -0.2) is 0 Å². The van der Waals surface area contributed by atoms with E-state index in [9.17, 15) is 28.2 Å². The Morgan fingerprint density at radius 3 is 2.42 bits per heavy atom.